The number of rotatable bonds is 8. The molecule has 1 N–H and O–H groups in total. The fourth-order valence-electron chi connectivity index (χ4n) is 5.57. The summed E-state index contributed by atoms with van der Waals surface area (Å²) in [6.07, 6.45) is 5.94. The molecule has 180 valence electrons. The normalized spacial score (nSPS) is 18.6. The van der Waals surface area contributed by atoms with Crippen molar-refractivity contribution in [1.29, 1.82) is 0 Å². The van der Waals surface area contributed by atoms with Crippen molar-refractivity contribution < 1.29 is 29.0 Å². The van der Waals surface area contributed by atoms with Crippen LogP contribution in [0.3, 0.4) is 0 Å². The fraction of sp³-hybridized carbons (Fsp3) is 0.444. The average molecular weight is 466 g/mol. The molecule has 3 aliphatic rings. The van der Waals surface area contributed by atoms with Gasteiger partial charge in [-0.1, -0.05) is 12.1 Å². The topological polar surface area (TPSA) is 93.1 Å². The van der Waals surface area contributed by atoms with Crippen LogP contribution in [0.2, 0.25) is 0 Å². The Morgan fingerprint density at radius 3 is 2.18 bits per heavy atom. The van der Waals surface area contributed by atoms with Gasteiger partial charge in [0.2, 0.25) is 0 Å². The summed E-state index contributed by atoms with van der Waals surface area (Å²) in [4.78, 5) is 40.1. The maximum absolute atomic E-state index is 13.4. The van der Waals surface area contributed by atoms with Gasteiger partial charge in [-0.15, -0.1) is 6.58 Å². The largest absolute Gasteiger partial charge is 0.493 e. The van der Waals surface area contributed by atoms with E-state index in [0.717, 1.165) is 35.4 Å². The fourth-order valence-corrected chi connectivity index (χ4v) is 5.57. The molecule has 7 heteroatoms. The number of ether oxygens (including phenoxy) is 2. The van der Waals surface area contributed by atoms with E-state index in [2.05, 4.69) is 6.58 Å². The Hall–Kier alpha value is -3.35. The Morgan fingerprint density at radius 2 is 1.68 bits per heavy atom. The zero-order valence-corrected chi connectivity index (χ0v) is 19.8. The average Bonchev–Trinajstić information content (AvgIpc) is 2.82. The Morgan fingerprint density at radius 1 is 1.06 bits per heavy atom. The summed E-state index contributed by atoms with van der Waals surface area (Å²) in [7, 11) is 3.16. The number of Topliss-reactive ketones (excluding diaryl/α,β-unsaturated/α-hetero) is 2. The summed E-state index contributed by atoms with van der Waals surface area (Å²) in [6.45, 7) is 4.11. The first-order valence-corrected chi connectivity index (χ1v) is 11.8. The number of carboxylic acid groups (broad SMARTS) is 1. The third-order valence-electron chi connectivity index (χ3n) is 6.91. The van der Waals surface area contributed by atoms with Crippen molar-refractivity contribution in [3.8, 4) is 11.5 Å². The molecule has 1 aliphatic heterocycles. The maximum Gasteiger partial charge on any atom is 0.305 e. The highest BCUT2D eigenvalue weighted by molar-refractivity contribution is 6.06. The van der Waals surface area contributed by atoms with Gasteiger partial charge in [0.25, 0.3) is 0 Å². The molecule has 0 spiro atoms. The first kappa shape index (κ1) is 23.8. The van der Waals surface area contributed by atoms with Crippen molar-refractivity contribution in [3.63, 3.8) is 0 Å². The Bertz CT molecular complexity index is 1070. The molecule has 0 amide bonds. The third kappa shape index (κ3) is 4.15. The molecule has 0 atom stereocenters. The Labute approximate surface area is 199 Å². The van der Waals surface area contributed by atoms with Crippen molar-refractivity contribution in [2.75, 3.05) is 20.8 Å². The van der Waals surface area contributed by atoms with Gasteiger partial charge in [0.15, 0.2) is 23.1 Å². The number of allylic oxidation sites excluding steroid dienone is 5. The van der Waals surface area contributed by atoms with E-state index < -0.39 is 11.9 Å². The van der Waals surface area contributed by atoms with Crippen LogP contribution in [-0.4, -0.2) is 48.3 Å². The summed E-state index contributed by atoms with van der Waals surface area (Å²) < 4.78 is 11.2. The van der Waals surface area contributed by atoms with Crippen molar-refractivity contribution >= 4 is 17.5 Å². The molecule has 0 radical (unpaired) electrons. The Kier molecular flexibility index (Phi) is 6.91. The molecule has 1 aromatic rings. The summed E-state index contributed by atoms with van der Waals surface area (Å²) in [5.41, 5.74) is 4.69. The lowest BCUT2D eigenvalue weighted by Crippen LogP contribution is -2.40. The summed E-state index contributed by atoms with van der Waals surface area (Å²) >= 11 is 0. The van der Waals surface area contributed by atoms with E-state index >= 15 is 0 Å². The van der Waals surface area contributed by atoms with E-state index in [9.17, 15) is 19.5 Å². The molecule has 0 saturated heterocycles. The van der Waals surface area contributed by atoms with E-state index in [1.54, 1.807) is 20.3 Å². The second kappa shape index (κ2) is 9.87. The third-order valence-corrected chi connectivity index (χ3v) is 6.91. The van der Waals surface area contributed by atoms with Crippen LogP contribution in [-0.2, 0) is 20.8 Å². The van der Waals surface area contributed by atoms with Gasteiger partial charge in [-0.05, 0) is 43.7 Å². The first-order chi connectivity index (χ1) is 16.4. The molecule has 0 unspecified atom stereocenters. The molecule has 0 bridgehead atoms. The molecule has 1 aromatic carbocycles. The van der Waals surface area contributed by atoms with Crippen LogP contribution in [0, 0.1) is 0 Å². The first-order valence-electron chi connectivity index (χ1n) is 11.8. The minimum Gasteiger partial charge on any atom is -0.493 e. The van der Waals surface area contributed by atoms with Gasteiger partial charge >= 0.3 is 5.97 Å². The van der Waals surface area contributed by atoms with Crippen LogP contribution in [0.1, 0.15) is 62.0 Å². The SMILES string of the molecule is C=CCc1cc(C2C3=C(CCCC3=O)N(CCC(=O)O)C3=C2C(=O)CCC3)cc(OC)c1OC. The molecule has 0 saturated carbocycles. The molecule has 34 heavy (non-hydrogen) atoms. The molecular formula is C27H31NO6. The number of methoxy groups -OCH3 is 2. The molecular weight excluding hydrogens is 434 g/mol. The lowest BCUT2D eigenvalue weighted by molar-refractivity contribution is -0.137. The summed E-state index contributed by atoms with van der Waals surface area (Å²) in [6, 6.07) is 3.85. The van der Waals surface area contributed by atoms with Crippen molar-refractivity contribution in [3.05, 3.63) is 58.5 Å². The van der Waals surface area contributed by atoms with Crippen molar-refractivity contribution in [2.24, 2.45) is 0 Å². The van der Waals surface area contributed by atoms with Crippen molar-refractivity contribution in [2.45, 2.75) is 57.3 Å². The smallest absolute Gasteiger partial charge is 0.305 e. The van der Waals surface area contributed by atoms with Crippen LogP contribution in [0.25, 0.3) is 0 Å². The second-order valence-corrected chi connectivity index (χ2v) is 8.91. The van der Waals surface area contributed by atoms with Crippen LogP contribution < -0.4 is 9.47 Å². The monoisotopic (exact) mass is 465 g/mol. The van der Waals surface area contributed by atoms with Gasteiger partial charge in [0, 0.05) is 53.4 Å². The number of carboxylic acids is 1. The zero-order chi connectivity index (χ0) is 24.4. The van der Waals surface area contributed by atoms with Gasteiger partial charge < -0.3 is 19.5 Å². The molecule has 2 aliphatic carbocycles. The highest BCUT2D eigenvalue weighted by Gasteiger charge is 2.43. The number of carbonyl (C=O) groups excluding carboxylic acids is 2. The quantitative estimate of drug-likeness (QED) is 0.572. The zero-order valence-electron chi connectivity index (χ0n) is 19.8. The van der Waals surface area contributed by atoms with Crippen LogP contribution >= 0.6 is 0 Å². The molecule has 1 heterocycles. The summed E-state index contributed by atoms with van der Waals surface area (Å²) in [5, 5.41) is 9.33. The lowest BCUT2D eigenvalue weighted by Gasteiger charge is -2.44. The van der Waals surface area contributed by atoms with Gasteiger partial charge in [-0.25, -0.2) is 0 Å². The lowest BCUT2D eigenvalue weighted by atomic mass is 9.70. The number of benzene rings is 1. The van der Waals surface area contributed by atoms with E-state index in [1.807, 2.05) is 17.0 Å². The van der Waals surface area contributed by atoms with Gasteiger partial charge in [0.1, 0.15) is 0 Å². The van der Waals surface area contributed by atoms with Crippen LogP contribution in [0.4, 0.5) is 0 Å². The molecule has 4 rings (SSSR count). The van der Waals surface area contributed by atoms with Crippen LogP contribution in [0.15, 0.2) is 47.3 Å². The van der Waals surface area contributed by atoms with E-state index in [4.69, 9.17) is 9.47 Å². The number of aliphatic carboxylic acids is 1. The number of hydrogen-bond acceptors (Lipinski definition) is 6. The van der Waals surface area contributed by atoms with E-state index in [0.29, 0.717) is 54.7 Å². The van der Waals surface area contributed by atoms with E-state index in [-0.39, 0.29) is 24.5 Å². The number of carbonyl (C=O) groups is 3. The minimum atomic E-state index is -0.898. The van der Waals surface area contributed by atoms with Crippen LogP contribution in [0.5, 0.6) is 11.5 Å². The highest BCUT2D eigenvalue weighted by Crippen LogP contribution is 2.50. The number of ketones is 2. The van der Waals surface area contributed by atoms with E-state index in [1.165, 1.54) is 0 Å². The van der Waals surface area contributed by atoms with Gasteiger partial charge in [-0.3, -0.25) is 14.4 Å². The standard InChI is InChI=1S/C27H31NO6/c1-4-7-16-14-17(15-22(33-2)27(16)34-3)24-25-18(8-5-10-20(25)29)28(13-12-23(31)32)19-9-6-11-21(30)26(19)24/h4,14-15,24H,1,5-13H2,2-3H3,(H,31,32). The predicted octanol–water partition coefficient (Wildman–Crippen LogP) is 4.32. The summed E-state index contributed by atoms with van der Waals surface area (Å²) in [5.74, 6) is -0.188. The Balaban J connectivity index is 1.96. The van der Waals surface area contributed by atoms with Crippen molar-refractivity contribution in [1.82, 2.24) is 4.90 Å². The number of hydrogen-bond donors (Lipinski definition) is 1. The van der Waals surface area contributed by atoms with Gasteiger partial charge in [0.05, 0.1) is 20.6 Å². The predicted molar refractivity (Wildman–Crippen MR) is 127 cm³/mol. The maximum atomic E-state index is 13.4. The van der Waals surface area contributed by atoms with Gasteiger partial charge in [-0.2, -0.15) is 0 Å². The molecule has 0 fully saturated rings. The molecule has 7 nitrogen and oxygen atoms in total. The number of nitrogens with zero attached hydrogens (tertiary/aromatic N) is 1. The minimum absolute atomic E-state index is 0.0246. The molecule has 0 aromatic heterocycles. The highest BCUT2D eigenvalue weighted by atomic mass is 16.5. The second-order valence-electron chi connectivity index (χ2n) is 8.91.